The van der Waals surface area contributed by atoms with Crippen molar-refractivity contribution in [2.75, 3.05) is 32.8 Å². The van der Waals surface area contributed by atoms with Gasteiger partial charge in [-0.05, 0) is 17.7 Å². The van der Waals surface area contributed by atoms with Crippen molar-refractivity contribution >= 4 is 17.1 Å². The molecule has 2 aromatic heterocycles. The summed E-state index contributed by atoms with van der Waals surface area (Å²) in [5.74, 6) is -0.623. The van der Waals surface area contributed by atoms with Crippen LogP contribution >= 0.6 is 0 Å². The Morgan fingerprint density at radius 1 is 1.16 bits per heavy atom. The number of hydrogen-bond donors (Lipinski definition) is 1. The van der Waals surface area contributed by atoms with Gasteiger partial charge in [0.15, 0.2) is 11.2 Å². The third-order valence-electron chi connectivity index (χ3n) is 5.76. The Morgan fingerprint density at radius 3 is 2.53 bits per heavy atom. The number of amides is 1. The van der Waals surface area contributed by atoms with Crippen LogP contribution in [0.4, 0.5) is 4.39 Å². The minimum Gasteiger partial charge on any atom is -0.379 e. The third-order valence-corrected chi connectivity index (χ3v) is 5.76. The van der Waals surface area contributed by atoms with Crippen molar-refractivity contribution in [3.8, 4) is 0 Å². The van der Waals surface area contributed by atoms with Gasteiger partial charge in [0.1, 0.15) is 12.4 Å². The van der Waals surface area contributed by atoms with Gasteiger partial charge in [0.05, 0.1) is 25.6 Å². The maximum Gasteiger partial charge on any atom is 0.332 e. The zero-order chi connectivity index (χ0) is 22.8. The van der Waals surface area contributed by atoms with Crippen molar-refractivity contribution in [1.82, 2.24) is 28.9 Å². The first kappa shape index (κ1) is 21.9. The van der Waals surface area contributed by atoms with Crippen molar-refractivity contribution < 1.29 is 13.9 Å². The highest BCUT2D eigenvalue weighted by atomic mass is 19.1. The zero-order valence-corrected chi connectivity index (χ0v) is 18.0. The second-order valence-corrected chi connectivity index (χ2v) is 7.77. The summed E-state index contributed by atoms with van der Waals surface area (Å²) in [6, 6.07) is 6.10. The van der Waals surface area contributed by atoms with Crippen LogP contribution in [0.15, 0.2) is 40.2 Å². The van der Waals surface area contributed by atoms with Crippen LogP contribution < -0.4 is 16.6 Å². The van der Waals surface area contributed by atoms with Crippen LogP contribution in [0.25, 0.3) is 11.2 Å². The third kappa shape index (κ3) is 4.21. The van der Waals surface area contributed by atoms with E-state index >= 15 is 0 Å². The lowest BCUT2D eigenvalue weighted by atomic mass is 10.0. The van der Waals surface area contributed by atoms with E-state index in [4.69, 9.17) is 4.74 Å². The molecular formula is C21H25FN6O4. The number of ether oxygens (including phenoxy) is 1. The molecule has 0 aliphatic carbocycles. The highest BCUT2D eigenvalue weighted by Gasteiger charge is 2.24. The van der Waals surface area contributed by atoms with Crippen molar-refractivity contribution in [3.63, 3.8) is 0 Å². The summed E-state index contributed by atoms with van der Waals surface area (Å²) in [7, 11) is 2.91. The van der Waals surface area contributed by atoms with Gasteiger partial charge in [0.2, 0.25) is 5.91 Å². The topological polar surface area (TPSA) is 103 Å². The number of halogens is 1. The SMILES string of the molecule is Cn1c(=O)c2c(ncn2CC(=O)NC[C@H](c2ccc(F)cc2)N2CCOCC2)n(C)c1=O. The molecule has 32 heavy (non-hydrogen) atoms. The molecule has 0 bridgehead atoms. The van der Waals surface area contributed by atoms with Crippen LogP contribution in [-0.2, 0) is 30.2 Å². The fourth-order valence-electron chi connectivity index (χ4n) is 3.97. The molecule has 10 nitrogen and oxygen atoms in total. The summed E-state index contributed by atoms with van der Waals surface area (Å²) < 4.78 is 22.5. The van der Waals surface area contributed by atoms with Gasteiger partial charge in [0, 0.05) is 33.7 Å². The van der Waals surface area contributed by atoms with E-state index in [1.807, 2.05) is 0 Å². The first-order valence-corrected chi connectivity index (χ1v) is 10.3. The molecule has 3 heterocycles. The Labute approximate surface area is 182 Å². The monoisotopic (exact) mass is 444 g/mol. The molecule has 1 N–H and O–H groups in total. The van der Waals surface area contributed by atoms with Gasteiger partial charge >= 0.3 is 5.69 Å². The number of aryl methyl sites for hydroxylation is 1. The molecule has 1 atom stereocenters. The van der Waals surface area contributed by atoms with Gasteiger partial charge in [-0.25, -0.2) is 14.2 Å². The van der Waals surface area contributed by atoms with E-state index in [-0.39, 0.29) is 35.5 Å². The number of fused-ring (bicyclic) bond motifs is 1. The summed E-state index contributed by atoms with van der Waals surface area (Å²) in [6.45, 7) is 2.78. The van der Waals surface area contributed by atoms with Gasteiger partial charge in [-0.1, -0.05) is 12.1 Å². The number of hydrogen-bond acceptors (Lipinski definition) is 6. The summed E-state index contributed by atoms with van der Waals surface area (Å²) in [6.07, 6.45) is 1.38. The van der Waals surface area contributed by atoms with Crippen LogP contribution in [-0.4, -0.2) is 62.3 Å². The summed E-state index contributed by atoms with van der Waals surface area (Å²) in [4.78, 5) is 43.7. The molecule has 1 amide bonds. The standard InChI is InChI=1S/C21H25FN6O4/c1-25-19-18(20(30)26(2)21(25)31)28(13-24-19)12-17(29)23-11-16(27-7-9-32-10-8-27)14-3-5-15(22)6-4-14/h3-6,13,16H,7-12H2,1-2H3,(H,23,29)/t16-/m1/s1. The normalized spacial score (nSPS) is 15.7. The molecule has 3 aromatic rings. The Morgan fingerprint density at radius 2 is 1.84 bits per heavy atom. The highest BCUT2D eigenvalue weighted by molar-refractivity contribution is 5.78. The average Bonchev–Trinajstić information content (AvgIpc) is 3.22. The van der Waals surface area contributed by atoms with Gasteiger partial charge in [-0.3, -0.25) is 23.6 Å². The van der Waals surface area contributed by atoms with Crippen LogP contribution in [0, 0.1) is 5.82 Å². The first-order valence-electron chi connectivity index (χ1n) is 10.3. The summed E-state index contributed by atoms with van der Waals surface area (Å²) in [5, 5.41) is 2.92. The number of nitrogens with zero attached hydrogens (tertiary/aromatic N) is 5. The number of carbonyl (C=O) groups excluding carboxylic acids is 1. The van der Waals surface area contributed by atoms with Gasteiger partial charge < -0.3 is 14.6 Å². The molecule has 0 unspecified atom stereocenters. The minimum absolute atomic E-state index is 0.122. The number of carbonyl (C=O) groups is 1. The number of morpholine rings is 1. The van der Waals surface area contributed by atoms with Crippen molar-refractivity contribution in [3.05, 3.63) is 62.8 Å². The second-order valence-electron chi connectivity index (χ2n) is 7.77. The Balaban J connectivity index is 1.52. The van der Waals surface area contributed by atoms with E-state index in [1.54, 1.807) is 12.1 Å². The molecule has 0 saturated carbocycles. The quantitative estimate of drug-likeness (QED) is 0.563. The van der Waals surface area contributed by atoms with E-state index in [2.05, 4.69) is 15.2 Å². The molecule has 1 aliphatic heterocycles. The molecule has 11 heteroatoms. The number of rotatable bonds is 6. The molecule has 1 aromatic carbocycles. The van der Waals surface area contributed by atoms with Crippen LogP contribution in [0.3, 0.4) is 0 Å². The van der Waals surface area contributed by atoms with E-state index in [9.17, 15) is 18.8 Å². The minimum atomic E-state index is -0.508. The van der Waals surface area contributed by atoms with Crippen molar-refractivity contribution in [1.29, 1.82) is 0 Å². The van der Waals surface area contributed by atoms with Gasteiger partial charge in [-0.2, -0.15) is 0 Å². The molecular weight excluding hydrogens is 419 g/mol. The van der Waals surface area contributed by atoms with Gasteiger partial charge in [-0.15, -0.1) is 0 Å². The largest absolute Gasteiger partial charge is 0.379 e. The van der Waals surface area contributed by atoms with Crippen molar-refractivity contribution in [2.45, 2.75) is 12.6 Å². The van der Waals surface area contributed by atoms with E-state index < -0.39 is 11.2 Å². The number of nitrogens with one attached hydrogen (secondary N) is 1. The summed E-state index contributed by atoms with van der Waals surface area (Å²) in [5.41, 5.74) is 0.317. The number of imidazole rings is 1. The molecule has 4 rings (SSSR count). The highest BCUT2D eigenvalue weighted by Crippen LogP contribution is 2.21. The molecule has 170 valence electrons. The Hall–Kier alpha value is -3.31. The molecule has 1 saturated heterocycles. The predicted molar refractivity (Wildman–Crippen MR) is 115 cm³/mol. The van der Waals surface area contributed by atoms with Crippen molar-refractivity contribution in [2.24, 2.45) is 14.1 Å². The van der Waals surface area contributed by atoms with E-state index in [0.717, 1.165) is 10.1 Å². The maximum atomic E-state index is 13.4. The van der Waals surface area contributed by atoms with Crippen LogP contribution in [0.5, 0.6) is 0 Å². The lowest BCUT2D eigenvalue weighted by Gasteiger charge is -2.35. The lowest BCUT2D eigenvalue weighted by molar-refractivity contribution is -0.122. The molecule has 0 spiro atoms. The average molecular weight is 444 g/mol. The van der Waals surface area contributed by atoms with Gasteiger partial charge in [0.25, 0.3) is 5.56 Å². The predicted octanol–water partition coefficient (Wildman–Crippen LogP) is -0.237. The summed E-state index contributed by atoms with van der Waals surface area (Å²) >= 11 is 0. The van der Waals surface area contributed by atoms with Crippen LogP contribution in [0.1, 0.15) is 11.6 Å². The number of benzene rings is 1. The fraction of sp³-hybridized carbons (Fsp3) is 0.429. The second kappa shape index (κ2) is 9.05. The molecule has 0 radical (unpaired) electrons. The fourth-order valence-corrected chi connectivity index (χ4v) is 3.97. The van der Waals surface area contributed by atoms with Crippen LogP contribution in [0.2, 0.25) is 0 Å². The Kier molecular flexibility index (Phi) is 6.19. The zero-order valence-electron chi connectivity index (χ0n) is 18.0. The lowest BCUT2D eigenvalue weighted by Crippen LogP contribution is -2.44. The van der Waals surface area contributed by atoms with E-state index in [1.165, 1.54) is 41.7 Å². The molecule has 1 aliphatic rings. The first-order chi connectivity index (χ1) is 15.4. The number of aromatic nitrogens is 4. The smallest absolute Gasteiger partial charge is 0.332 e. The van der Waals surface area contributed by atoms with E-state index in [0.29, 0.717) is 32.8 Å². The maximum absolute atomic E-state index is 13.4. The Bertz CT molecular complexity index is 1240. The molecule has 1 fully saturated rings.